The Labute approximate surface area is 103 Å². The Morgan fingerprint density at radius 1 is 1.31 bits per heavy atom. The van der Waals surface area contributed by atoms with E-state index >= 15 is 0 Å². The largest absolute Gasteiger partial charge is 0.372 e. The van der Waals surface area contributed by atoms with Gasteiger partial charge in [0.2, 0.25) is 0 Å². The third kappa shape index (κ3) is 3.39. The minimum atomic E-state index is 0.565. The summed E-state index contributed by atoms with van der Waals surface area (Å²) in [6.07, 6.45) is 2.40. The van der Waals surface area contributed by atoms with Gasteiger partial charge in [0.05, 0.1) is 0 Å². The van der Waals surface area contributed by atoms with Crippen LogP contribution in [0.25, 0.3) is 0 Å². The molecule has 2 nitrogen and oxygen atoms in total. The van der Waals surface area contributed by atoms with Gasteiger partial charge < -0.3 is 10.6 Å². The SMILES string of the molecule is CCCCN(CC)c1cc(Cl)ccc1CN. The zero-order chi connectivity index (χ0) is 12.0. The van der Waals surface area contributed by atoms with Gasteiger partial charge >= 0.3 is 0 Å². The lowest BCUT2D eigenvalue weighted by atomic mass is 10.1. The van der Waals surface area contributed by atoms with E-state index in [1.54, 1.807) is 0 Å². The van der Waals surface area contributed by atoms with Crippen molar-refractivity contribution in [2.75, 3.05) is 18.0 Å². The van der Waals surface area contributed by atoms with Crippen molar-refractivity contribution < 1.29 is 0 Å². The number of hydrogen-bond acceptors (Lipinski definition) is 2. The standard InChI is InChI=1S/C13H21ClN2/c1-3-5-8-16(4-2)13-9-12(14)7-6-11(13)10-15/h6-7,9H,3-5,8,10,15H2,1-2H3. The van der Waals surface area contributed by atoms with Gasteiger partial charge in [0.1, 0.15) is 0 Å². The predicted octanol–water partition coefficient (Wildman–Crippen LogP) is 3.43. The minimum absolute atomic E-state index is 0.565. The van der Waals surface area contributed by atoms with Gasteiger partial charge in [-0.15, -0.1) is 0 Å². The minimum Gasteiger partial charge on any atom is -0.372 e. The van der Waals surface area contributed by atoms with Crippen molar-refractivity contribution in [2.45, 2.75) is 33.2 Å². The number of benzene rings is 1. The molecule has 0 radical (unpaired) electrons. The van der Waals surface area contributed by atoms with Crippen LogP contribution in [0.2, 0.25) is 5.02 Å². The second kappa shape index (κ2) is 6.77. The van der Waals surface area contributed by atoms with Crippen molar-refractivity contribution in [3.8, 4) is 0 Å². The molecule has 0 unspecified atom stereocenters. The maximum Gasteiger partial charge on any atom is 0.0426 e. The highest BCUT2D eigenvalue weighted by atomic mass is 35.5. The Bertz CT molecular complexity index is 326. The molecule has 90 valence electrons. The predicted molar refractivity (Wildman–Crippen MR) is 72.1 cm³/mol. The van der Waals surface area contributed by atoms with Gasteiger partial charge in [-0.25, -0.2) is 0 Å². The fraction of sp³-hybridized carbons (Fsp3) is 0.538. The molecule has 1 rings (SSSR count). The maximum atomic E-state index is 6.04. The molecule has 0 aromatic heterocycles. The smallest absolute Gasteiger partial charge is 0.0426 e. The molecule has 0 fully saturated rings. The fourth-order valence-electron chi connectivity index (χ4n) is 1.80. The number of unbranched alkanes of at least 4 members (excludes halogenated alkanes) is 1. The van der Waals surface area contributed by atoms with E-state index in [-0.39, 0.29) is 0 Å². The van der Waals surface area contributed by atoms with Crippen molar-refractivity contribution in [3.63, 3.8) is 0 Å². The van der Waals surface area contributed by atoms with Crippen molar-refractivity contribution in [1.82, 2.24) is 0 Å². The van der Waals surface area contributed by atoms with Crippen LogP contribution in [0.15, 0.2) is 18.2 Å². The quantitative estimate of drug-likeness (QED) is 0.826. The first-order valence-electron chi connectivity index (χ1n) is 5.96. The second-order valence-corrected chi connectivity index (χ2v) is 4.35. The second-order valence-electron chi connectivity index (χ2n) is 3.91. The van der Waals surface area contributed by atoms with Crippen LogP contribution in [0.4, 0.5) is 5.69 Å². The van der Waals surface area contributed by atoms with Crippen molar-refractivity contribution in [2.24, 2.45) is 5.73 Å². The Morgan fingerprint density at radius 3 is 2.62 bits per heavy atom. The molecule has 0 heterocycles. The molecule has 1 aromatic rings. The number of nitrogens with zero attached hydrogens (tertiary/aromatic N) is 1. The summed E-state index contributed by atoms with van der Waals surface area (Å²) in [6.45, 7) is 7.00. The number of hydrogen-bond donors (Lipinski definition) is 1. The molecular formula is C13H21ClN2. The van der Waals surface area contributed by atoms with Crippen LogP contribution >= 0.6 is 11.6 Å². The first-order chi connectivity index (χ1) is 7.72. The molecule has 0 atom stereocenters. The lowest BCUT2D eigenvalue weighted by molar-refractivity contribution is 0.728. The first-order valence-corrected chi connectivity index (χ1v) is 6.34. The van der Waals surface area contributed by atoms with Crippen LogP contribution in [0.1, 0.15) is 32.3 Å². The van der Waals surface area contributed by atoms with E-state index in [1.807, 2.05) is 18.2 Å². The van der Waals surface area contributed by atoms with Gasteiger partial charge in [-0.2, -0.15) is 0 Å². The molecule has 2 N–H and O–H groups in total. The summed E-state index contributed by atoms with van der Waals surface area (Å²) >= 11 is 6.04. The number of anilines is 1. The van der Waals surface area contributed by atoms with E-state index < -0.39 is 0 Å². The highest BCUT2D eigenvalue weighted by molar-refractivity contribution is 6.30. The molecule has 1 aromatic carbocycles. The number of halogens is 1. The summed E-state index contributed by atoms with van der Waals surface area (Å²) in [4.78, 5) is 2.34. The monoisotopic (exact) mass is 240 g/mol. The number of nitrogens with two attached hydrogens (primary N) is 1. The Kier molecular flexibility index (Phi) is 5.64. The molecule has 0 aliphatic carbocycles. The lowest BCUT2D eigenvalue weighted by Crippen LogP contribution is -2.25. The van der Waals surface area contributed by atoms with Crippen molar-refractivity contribution in [1.29, 1.82) is 0 Å². The molecule has 0 saturated heterocycles. The summed E-state index contributed by atoms with van der Waals surface area (Å²) < 4.78 is 0. The van der Waals surface area contributed by atoms with Crippen LogP contribution in [0.3, 0.4) is 0 Å². The van der Waals surface area contributed by atoms with E-state index in [4.69, 9.17) is 17.3 Å². The molecule has 0 bridgehead atoms. The number of rotatable bonds is 6. The highest BCUT2D eigenvalue weighted by Crippen LogP contribution is 2.25. The van der Waals surface area contributed by atoms with E-state index in [0.29, 0.717) is 6.54 Å². The van der Waals surface area contributed by atoms with Gasteiger partial charge in [0, 0.05) is 30.3 Å². The zero-order valence-corrected chi connectivity index (χ0v) is 10.9. The maximum absolute atomic E-state index is 6.04. The van der Waals surface area contributed by atoms with E-state index in [0.717, 1.165) is 18.1 Å². The van der Waals surface area contributed by atoms with Gasteiger partial charge in [-0.3, -0.25) is 0 Å². The van der Waals surface area contributed by atoms with Crippen LogP contribution < -0.4 is 10.6 Å². The molecule has 0 aliphatic heterocycles. The van der Waals surface area contributed by atoms with E-state index in [1.165, 1.54) is 24.1 Å². The summed E-state index contributed by atoms with van der Waals surface area (Å²) in [5, 5.41) is 0.780. The lowest BCUT2D eigenvalue weighted by Gasteiger charge is -2.25. The average Bonchev–Trinajstić information content (AvgIpc) is 2.30. The van der Waals surface area contributed by atoms with E-state index in [9.17, 15) is 0 Å². The molecule has 0 amide bonds. The molecule has 16 heavy (non-hydrogen) atoms. The Hall–Kier alpha value is -0.730. The van der Waals surface area contributed by atoms with Crippen LogP contribution in [0.5, 0.6) is 0 Å². The van der Waals surface area contributed by atoms with Gasteiger partial charge in [0.25, 0.3) is 0 Å². The van der Waals surface area contributed by atoms with Crippen LogP contribution in [-0.2, 0) is 6.54 Å². The van der Waals surface area contributed by atoms with Crippen molar-refractivity contribution in [3.05, 3.63) is 28.8 Å². The Balaban J connectivity index is 2.92. The Morgan fingerprint density at radius 2 is 2.06 bits per heavy atom. The highest BCUT2D eigenvalue weighted by Gasteiger charge is 2.09. The van der Waals surface area contributed by atoms with Gasteiger partial charge in [0.15, 0.2) is 0 Å². The summed E-state index contributed by atoms with van der Waals surface area (Å²) in [5.74, 6) is 0. The third-order valence-corrected chi connectivity index (χ3v) is 3.01. The van der Waals surface area contributed by atoms with Gasteiger partial charge in [-0.1, -0.05) is 31.0 Å². The average molecular weight is 241 g/mol. The fourth-order valence-corrected chi connectivity index (χ4v) is 1.97. The molecule has 0 saturated carbocycles. The zero-order valence-electron chi connectivity index (χ0n) is 10.2. The molecule has 0 aliphatic rings. The molecule has 0 spiro atoms. The molecular weight excluding hydrogens is 220 g/mol. The summed E-state index contributed by atoms with van der Waals surface area (Å²) in [5.41, 5.74) is 8.11. The van der Waals surface area contributed by atoms with Gasteiger partial charge in [-0.05, 0) is 31.0 Å². The normalized spacial score (nSPS) is 10.5. The van der Waals surface area contributed by atoms with Crippen LogP contribution in [0, 0.1) is 0 Å². The third-order valence-electron chi connectivity index (χ3n) is 2.77. The topological polar surface area (TPSA) is 29.3 Å². The summed E-state index contributed by atoms with van der Waals surface area (Å²) in [6, 6.07) is 5.94. The molecule has 3 heteroatoms. The summed E-state index contributed by atoms with van der Waals surface area (Å²) in [7, 11) is 0. The van der Waals surface area contributed by atoms with Crippen molar-refractivity contribution >= 4 is 17.3 Å². The van der Waals surface area contributed by atoms with Crippen LogP contribution in [-0.4, -0.2) is 13.1 Å². The van der Waals surface area contributed by atoms with E-state index in [2.05, 4.69) is 18.7 Å². The first kappa shape index (κ1) is 13.3.